The molecule has 0 unspecified atom stereocenters. The molecule has 104 valence electrons. The van der Waals surface area contributed by atoms with Gasteiger partial charge < -0.3 is 0 Å². The van der Waals surface area contributed by atoms with E-state index in [4.69, 9.17) is 0 Å². The topological polar surface area (TPSA) is 58.5 Å². The van der Waals surface area contributed by atoms with E-state index in [2.05, 4.69) is 9.71 Å². The summed E-state index contributed by atoms with van der Waals surface area (Å²) in [7, 11) is -3.48. The van der Waals surface area contributed by atoms with Gasteiger partial charge in [-0.15, -0.1) is 0 Å². The molecular formula is C14H20N2O2S. The summed E-state index contributed by atoms with van der Waals surface area (Å²) in [5.41, 5.74) is 1.04. The van der Waals surface area contributed by atoms with Crippen LogP contribution in [0, 0.1) is 6.92 Å². The van der Waals surface area contributed by atoms with Crippen molar-refractivity contribution in [3.8, 4) is 0 Å². The molecule has 2 rings (SSSR count). The third-order valence-corrected chi connectivity index (χ3v) is 4.71. The SMILES string of the molecule is Cc1ccc(S(=O)(=O)NC=NC2CCCCC2)cc1. The van der Waals surface area contributed by atoms with Gasteiger partial charge in [-0.2, -0.15) is 0 Å². The predicted molar refractivity (Wildman–Crippen MR) is 76.9 cm³/mol. The monoisotopic (exact) mass is 280 g/mol. The van der Waals surface area contributed by atoms with Crippen molar-refractivity contribution in [2.24, 2.45) is 4.99 Å². The summed E-state index contributed by atoms with van der Waals surface area (Å²) >= 11 is 0. The lowest BCUT2D eigenvalue weighted by Gasteiger charge is -2.17. The van der Waals surface area contributed by atoms with Crippen LogP contribution in [0.25, 0.3) is 0 Å². The van der Waals surface area contributed by atoms with Gasteiger partial charge in [0.1, 0.15) is 0 Å². The fourth-order valence-corrected chi connectivity index (χ4v) is 3.05. The maximum absolute atomic E-state index is 12.0. The molecule has 1 fully saturated rings. The molecule has 19 heavy (non-hydrogen) atoms. The summed E-state index contributed by atoms with van der Waals surface area (Å²) in [6, 6.07) is 7.05. The van der Waals surface area contributed by atoms with Gasteiger partial charge in [-0.3, -0.25) is 9.71 Å². The molecule has 1 aromatic carbocycles. The van der Waals surface area contributed by atoms with Gasteiger partial charge in [0.05, 0.1) is 17.3 Å². The molecule has 4 nitrogen and oxygen atoms in total. The lowest BCUT2D eigenvalue weighted by atomic mass is 9.96. The normalized spacial score (nSPS) is 17.7. The highest BCUT2D eigenvalue weighted by atomic mass is 32.2. The van der Waals surface area contributed by atoms with Gasteiger partial charge in [0.2, 0.25) is 0 Å². The van der Waals surface area contributed by atoms with Crippen LogP contribution in [0.4, 0.5) is 0 Å². The summed E-state index contributed by atoms with van der Waals surface area (Å²) < 4.78 is 26.4. The van der Waals surface area contributed by atoms with Gasteiger partial charge in [0.15, 0.2) is 0 Å². The molecule has 0 bridgehead atoms. The first-order valence-electron chi connectivity index (χ1n) is 6.68. The van der Waals surface area contributed by atoms with Crippen molar-refractivity contribution < 1.29 is 8.42 Å². The molecule has 0 radical (unpaired) electrons. The first-order chi connectivity index (χ1) is 9.08. The first-order valence-corrected chi connectivity index (χ1v) is 8.17. The molecular weight excluding hydrogens is 260 g/mol. The van der Waals surface area contributed by atoms with Crippen LogP contribution in [0.3, 0.4) is 0 Å². The van der Waals surface area contributed by atoms with Crippen molar-refractivity contribution in [1.82, 2.24) is 4.72 Å². The van der Waals surface area contributed by atoms with Crippen molar-refractivity contribution in [2.75, 3.05) is 0 Å². The van der Waals surface area contributed by atoms with E-state index in [1.54, 1.807) is 24.3 Å². The summed E-state index contributed by atoms with van der Waals surface area (Å²) in [5.74, 6) is 0. The zero-order chi connectivity index (χ0) is 13.7. The third-order valence-electron chi connectivity index (χ3n) is 3.40. The molecule has 1 N–H and O–H groups in total. The largest absolute Gasteiger partial charge is 0.272 e. The highest BCUT2D eigenvalue weighted by Crippen LogP contribution is 2.19. The van der Waals surface area contributed by atoms with Crippen LogP contribution in [0.15, 0.2) is 34.2 Å². The molecule has 1 aliphatic rings. The second-order valence-electron chi connectivity index (χ2n) is 5.00. The van der Waals surface area contributed by atoms with Gasteiger partial charge in [-0.05, 0) is 31.9 Å². The van der Waals surface area contributed by atoms with E-state index in [9.17, 15) is 8.42 Å². The Kier molecular flexibility index (Phi) is 4.58. The minimum Gasteiger partial charge on any atom is -0.272 e. The highest BCUT2D eigenvalue weighted by molar-refractivity contribution is 7.90. The van der Waals surface area contributed by atoms with Crippen molar-refractivity contribution in [3.63, 3.8) is 0 Å². The smallest absolute Gasteiger partial charge is 0.262 e. The van der Waals surface area contributed by atoms with Gasteiger partial charge in [0.25, 0.3) is 10.0 Å². The molecule has 0 spiro atoms. The van der Waals surface area contributed by atoms with Crippen molar-refractivity contribution >= 4 is 16.4 Å². The Balaban J connectivity index is 1.97. The van der Waals surface area contributed by atoms with Crippen LogP contribution >= 0.6 is 0 Å². The number of aryl methyl sites for hydroxylation is 1. The van der Waals surface area contributed by atoms with Gasteiger partial charge in [-0.25, -0.2) is 8.42 Å². The quantitative estimate of drug-likeness (QED) is 0.681. The standard InChI is InChI=1S/C14H20N2O2S/c1-12-7-9-14(10-8-12)19(17,18)16-11-15-13-5-3-2-4-6-13/h7-11,13H,2-6H2,1H3,(H,15,16). The summed E-state index contributed by atoms with van der Waals surface area (Å²) in [5, 5.41) is 0. The second kappa shape index (κ2) is 6.19. The summed E-state index contributed by atoms with van der Waals surface area (Å²) in [6.45, 7) is 1.92. The van der Waals surface area contributed by atoms with Crippen molar-refractivity contribution in [3.05, 3.63) is 29.8 Å². The van der Waals surface area contributed by atoms with Crippen LogP contribution in [0.5, 0.6) is 0 Å². The zero-order valence-electron chi connectivity index (χ0n) is 11.2. The Morgan fingerprint density at radius 2 is 1.79 bits per heavy atom. The predicted octanol–water partition coefficient (Wildman–Crippen LogP) is 2.63. The molecule has 1 aliphatic carbocycles. The van der Waals surface area contributed by atoms with E-state index in [0.29, 0.717) is 0 Å². The lowest BCUT2D eigenvalue weighted by Crippen LogP contribution is -2.23. The fourth-order valence-electron chi connectivity index (χ4n) is 2.22. The van der Waals surface area contributed by atoms with E-state index in [1.807, 2.05) is 6.92 Å². The average Bonchev–Trinajstić information content (AvgIpc) is 2.40. The fraction of sp³-hybridized carbons (Fsp3) is 0.500. The minimum atomic E-state index is -3.48. The summed E-state index contributed by atoms with van der Waals surface area (Å²) in [4.78, 5) is 4.57. The Morgan fingerprint density at radius 1 is 1.16 bits per heavy atom. The van der Waals surface area contributed by atoms with Crippen LogP contribution in [0.1, 0.15) is 37.7 Å². The number of rotatable bonds is 4. The molecule has 0 aliphatic heterocycles. The maximum Gasteiger partial charge on any atom is 0.262 e. The molecule has 0 heterocycles. The number of hydrogen-bond acceptors (Lipinski definition) is 3. The maximum atomic E-state index is 12.0. The Morgan fingerprint density at radius 3 is 2.42 bits per heavy atom. The minimum absolute atomic E-state index is 0.271. The molecule has 0 atom stereocenters. The van der Waals surface area contributed by atoms with Crippen molar-refractivity contribution in [1.29, 1.82) is 0 Å². The van der Waals surface area contributed by atoms with Crippen LogP contribution in [-0.2, 0) is 10.0 Å². The number of nitrogens with zero attached hydrogens (tertiary/aromatic N) is 1. The number of benzene rings is 1. The molecule has 0 saturated heterocycles. The molecule has 0 amide bonds. The number of sulfonamides is 1. The van der Waals surface area contributed by atoms with Gasteiger partial charge >= 0.3 is 0 Å². The van der Waals surface area contributed by atoms with E-state index in [0.717, 1.165) is 18.4 Å². The van der Waals surface area contributed by atoms with E-state index < -0.39 is 10.0 Å². The Hall–Kier alpha value is -1.36. The molecule has 1 aromatic rings. The second-order valence-corrected chi connectivity index (χ2v) is 6.72. The Labute approximate surface area is 115 Å². The first kappa shape index (κ1) is 14.1. The van der Waals surface area contributed by atoms with Crippen LogP contribution in [-0.4, -0.2) is 20.8 Å². The molecule has 1 saturated carbocycles. The number of nitrogens with one attached hydrogen (secondary N) is 1. The van der Waals surface area contributed by atoms with Crippen LogP contribution in [0.2, 0.25) is 0 Å². The lowest BCUT2D eigenvalue weighted by molar-refractivity contribution is 0.444. The van der Waals surface area contributed by atoms with E-state index >= 15 is 0 Å². The van der Waals surface area contributed by atoms with Gasteiger partial charge in [0, 0.05) is 0 Å². The number of aliphatic imine (C=N–C) groups is 1. The molecule has 0 aromatic heterocycles. The summed E-state index contributed by atoms with van der Waals surface area (Å²) in [6.07, 6.45) is 7.09. The van der Waals surface area contributed by atoms with Gasteiger partial charge in [-0.1, -0.05) is 37.0 Å². The number of hydrogen-bond donors (Lipinski definition) is 1. The average molecular weight is 280 g/mol. The zero-order valence-corrected chi connectivity index (χ0v) is 12.0. The van der Waals surface area contributed by atoms with Crippen LogP contribution < -0.4 is 4.72 Å². The highest BCUT2D eigenvalue weighted by Gasteiger charge is 2.13. The van der Waals surface area contributed by atoms with E-state index in [-0.39, 0.29) is 10.9 Å². The van der Waals surface area contributed by atoms with Crippen molar-refractivity contribution in [2.45, 2.75) is 50.0 Å². The Bertz CT molecular complexity index is 529. The molecule has 5 heteroatoms. The third kappa shape index (κ3) is 4.06. The van der Waals surface area contributed by atoms with E-state index in [1.165, 1.54) is 25.6 Å².